The van der Waals surface area contributed by atoms with E-state index < -0.39 is 22.2 Å². The Labute approximate surface area is 173 Å². The van der Waals surface area contributed by atoms with Crippen molar-refractivity contribution < 1.29 is 17.9 Å². The monoisotopic (exact) mass is 445 g/mol. The predicted octanol–water partition coefficient (Wildman–Crippen LogP) is 2.85. The average molecular weight is 446 g/mol. The minimum atomic E-state index is -3.67. The zero-order chi connectivity index (χ0) is 19.4. The smallest absolute Gasteiger partial charge is 0.240 e. The molecule has 0 spiro atoms. The van der Waals surface area contributed by atoms with Crippen LogP contribution < -0.4 is 10.0 Å². The summed E-state index contributed by atoms with van der Waals surface area (Å²) in [6, 6.07) is 7.52. The number of aliphatic hydroxyl groups excluding tert-OH is 1. The van der Waals surface area contributed by atoms with Gasteiger partial charge >= 0.3 is 0 Å². The van der Waals surface area contributed by atoms with Crippen LogP contribution >= 0.6 is 23.7 Å². The fraction of sp³-hybridized carbons (Fsp3) is 0.278. The first kappa shape index (κ1) is 22.7. The van der Waals surface area contributed by atoms with E-state index in [4.69, 9.17) is 0 Å². The van der Waals surface area contributed by atoms with E-state index in [1.807, 2.05) is 0 Å². The number of nitrogens with zero attached hydrogens (tertiary/aromatic N) is 1. The first-order valence-corrected chi connectivity index (χ1v) is 10.7. The quantitative estimate of drug-likeness (QED) is 0.496. The van der Waals surface area contributed by atoms with Crippen LogP contribution in [0.2, 0.25) is 0 Å². The van der Waals surface area contributed by atoms with Gasteiger partial charge in [0.05, 0.1) is 11.0 Å². The van der Waals surface area contributed by atoms with Gasteiger partial charge in [0, 0.05) is 36.9 Å². The molecular formula is C18H21ClFN3O3S2. The second-order valence-electron chi connectivity index (χ2n) is 6.27. The van der Waals surface area contributed by atoms with Crippen molar-refractivity contribution in [3.8, 4) is 0 Å². The van der Waals surface area contributed by atoms with E-state index in [0.717, 1.165) is 22.1 Å². The number of sulfonamides is 1. The van der Waals surface area contributed by atoms with E-state index in [-0.39, 0.29) is 29.0 Å². The molecule has 2 atom stereocenters. The van der Waals surface area contributed by atoms with Gasteiger partial charge in [0.15, 0.2) is 5.13 Å². The van der Waals surface area contributed by atoms with Crippen LogP contribution in [0.4, 0.5) is 4.39 Å². The molecule has 0 amide bonds. The molecular weight excluding hydrogens is 425 g/mol. The van der Waals surface area contributed by atoms with Crippen LogP contribution in [0.25, 0.3) is 10.8 Å². The number of benzene rings is 1. The lowest BCUT2D eigenvalue weighted by atomic mass is 10.2. The molecule has 0 bridgehead atoms. The van der Waals surface area contributed by atoms with Crippen LogP contribution in [0.3, 0.4) is 0 Å². The van der Waals surface area contributed by atoms with Gasteiger partial charge in [0.25, 0.3) is 0 Å². The molecule has 10 heteroatoms. The van der Waals surface area contributed by atoms with Crippen molar-refractivity contribution in [2.45, 2.75) is 24.0 Å². The fourth-order valence-corrected chi connectivity index (χ4v) is 4.61. The number of hydrogen-bond donors (Lipinski definition) is 3. The molecule has 2 heterocycles. The van der Waals surface area contributed by atoms with Crippen LogP contribution in [0, 0.1) is 5.13 Å². The second-order valence-corrected chi connectivity index (χ2v) is 8.84. The molecule has 6 nitrogen and oxygen atoms in total. The third kappa shape index (κ3) is 5.69. The Morgan fingerprint density at radius 3 is 2.71 bits per heavy atom. The zero-order valence-corrected chi connectivity index (χ0v) is 17.5. The van der Waals surface area contributed by atoms with Crippen LogP contribution in [0.5, 0.6) is 0 Å². The van der Waals surface area contributed by atoms with Crippen molar-refractivity contribution in [1.29, 1.82) is 0 Å². The van der Waals surface area contributed by atoms with Crippen molar-refractivity contribution in [1.82, 2.24) is 15.0 Å². The highest BCUT2D eigenvalue weighted by molar-refractivity contribution is 7.89. The minimum Gasteiger partial charge on any atom is -0.387 e. The first-order chi connectivity index (χ1) is 12.8. The Morgan fingerprint density at radius 1 is 1.21 bits per heavy atom. The van der Waals surface area contributed by atoms with Crippen LogP contribution in [-0.2, 0) is 10.0 Å². The molecule has 152 valence electrons. The highest BCUT2D eigenvalue weighted by Gasteiger charge is 2.18. The number of fused-ring (bicyclic) bond motifs is 1. The number of hydrogen-bond acceptors (Lipinski definition) is 6. The topological polar surface area (TPSA) is 91.3 Å². The molecule has 3 N–H and O–H groups in total. The molecule has 0 aliphatic carbocycles. The maximum Gasteiger partial charge on any atom is 0.240 e. The van der Waals surface area contributed by atoms with Gasteiger partial charge in [-0.3, -0.25) is 4.98 Å². The van der Waals surface area contributed by atoms with E-state index in [1.165, 1.54) is 6.07 Å². The Balaban J connectivity index is 0.00000280. The Kier molecular flexibility index (Phi) is 7.87. The molecule has 0 saturated heterocycles. The largest absolute Gasteiger partial charge is 0.387 e. The van der Waals surface area contributed by atoms with Crippen molar-refractivity contribution in [3.05, 3.63) is 58.8 Å². The highest BCUT2D eigenvalue weighted by Crippen LogP contribution is 2.19. The third-order valence-electron chi connectivity index (χ3n) is 4.04. The summed E-state index contributed by atoms with van der Waals surface area (Å²) in [5, 5.41) is 15.9. The predicted molar refractivity (Wildman–Crippen MR) is 111 cm³/mol. The van der Waals surface area contributed by atoms with Gasteiger partial charge in [-0.25, -0.2) is 13.1 Å². The standard InChI is InChI=1S/C18H20FN3O3S2.ClH/c1-12(8-21-10-17(23)15-7-18(19)26-11-15)22-27(24,25)16-3-2-14-9-20-5-4-13(14)6-16;/h2-7,9,11-12,17,21-23H,8,10H2,1H3;1H/t12-,17?;/m1./s1. The number of thiophene rings is 1. The molecule has 3 rings (SSSR count). The summed E-state index contributed by atoms with van der Waals surface area (Å²) in [5.74, 6) is 0. The minimum absolute atomic E-state index is 0. The molecule has 3 aromatic rings. The van der Waals surface area contributed by atoms with Crippen molar-refractivity contribution in [3.63, 3.8) is 0 Å². The van der Waals surface area contributed by atoms with Gasteiger partial charge in [-0.15, -0.1) is 23.7 Å². The molecule has 0 aliphatic heterocycles. The second kappa shape index (κ2) is 9.73. The van der Waals surface area contributed by atoms with Gasteiger partial charge in [-0.1, -0.05) is 6.07 Å². The number of nitrogens with one attached hydrogen (secondary N) is 2. The number of aromatic nitrogens is 1. The molecule has 0 aliphatic rings. The summed E-state index contributed by atoms with van der Waals surface area (Å²) in [6.45, 7) is 2.25. The Bertz CT molecular complexity index is 1030. The van der Waals surface area contributed by atoms with E-state index in [1.54, 1.807) is 49.0 Å². The maximum atomic E-state index is 13.0. The van der Waals surface area contributed by atoms with Crippen LogP contribution in [0.1, 0.15) is 18.6 Å². The zero-order valence-electron chi connectivity index (χ0n) is 15.0. The van der Waals surface area contributed by atoms with Crippen LogP contribution in [-0.4, -0.2) is 37.6 Å². The molecule has 0 saturated carbocycles. The molecule has 2 aromatic heterocycles. The number of aliphatic hydroxyl groups is 1. The fourth-order valence-electron chi connectivity index (χ4n) is 2.66. The first-order valence-electron chi connectivity index (χ1n) is 8.34. The summed E-state index contributed by atoms with van der Waals surface area (Å²) < 4.78 is 40.7. The summed E-state index contributed by atoms with van der Waals surface area (Å²) in [6.07, 6.45) is 2.45. The van der Waals surface area contributed by atoms with Gasteiger partial charge in [0.1, 0.15) is 0 Å². The number of halogens is 2. The number of rotatable bonds is 8. The molecule has 0 radical (unpaired) electrons. The maximum absolute atomic E-state index is 13.0. The van der Waals surface area contributed by atoms with Crippen molar-refractivity contribution >= 4 is 44.5 Å². The Hall–Kier alpha value is -1.62. The normalized spacial score (nSPS) is 13.8. The van der Waals surface area contributed by atoms with Gasteiger partial charge in [-0.2, -0.15) is 4.39 Å². The molecule has 1 unspecified atom stereocenters. The lowest BCUT2D eigenvalue weighted by Gasteiger charge is -2.17. The van der Waals surface area contributed by atoms with E-state index >= 15 is 0 Å². The lowest BCUT2D eigenvalue weighted by molar-refractivity contribution is 0.174. The molecule has 28 heavy (non-hydrogen) atoms. The summed E-state index contributed by atoms with van der Waals surface area (Å²) in [5.41, 5.74) is 0.504. The van der Waals surface area contributed by atoms with E-state index in [9.17, 15) is 17.9 Å². The van der Waals surface area contributed by atoms with Crippen molar-refractivity contribution in [2.24, 2.45) is 0 Å². The summed E-state index contributed by atoms with van der Waals surface area (Å²) >= 11 is 0.929. The van der Waals surface area contributed by atoms with Gasteiger partial charge in [0.2, 0.25) is 10.0 Å². The van der Waals surface area contributed by atoms with Gasteiger partial charge in [-0.05, 0) is 47.5 Å². The lowest BCUT2D eigenvalue weighted by Crippen LogP contribution is -2.40. The Morgan fingerprint density at radius 2 is 2.00 bits per heavy atom. The SMILES string of the molecule is C[C@H](CNCC(O)c1csc(F)c1)NS(=O)(=O)c1ccc2cnccc2c1.Cl. The van der Waals surface area contributed by atoms with Gasteiger partial charge < -0.3 is 10.4 Å². The molecule has 0 fully saturated rings. The van der Waals surface area contributed by atoms with Crippen LogP contribution in [0.15, 0.2) is 53.0 Å². The van der Waals surface area contributed by atoms with E-state index in [2.05, 4.69) is 15.0 Å². The highest BCUT2D eigenvalue weighted by atomic mass is 35.5. The van der Waals surface area contributed by atoms with Crippen molar-refractivity contribution in [2.75, 3.05) is 13.1 Å². The summed E-state index contributed by atoms with van der Waals surface area (Å²) in [7, 11) is -3.67. The molecule has 1 aromatic carbocycles. The number of pyridine rings is 1. The third-order valence-corrected chi connectivity index (χ3v) is 6.36. The summed E-state index contributed by atoms with van der Waals surface area (Å²) in [4.78, 5) is 4.19. The average Bonchev–Trinajstić information content (AvgIpc) is 3.07. The van der Waals surface area contributed by atoms with E-state index in [0.29, 0.717) is 12.1 Å².